The Balaban J connectivity index is 2.26. The summed E-state index contributed by atoms with van der Waals surface area (Å²) in [5.41, 5.74) is 12.0. The largest absolute Gasteiger partial charge is 0.416 e. The molecule has 2 aromatic rings. The number of amides is 1. The molecule has 0 saturated carbocycles. The van der Waals surface area contributed by atoms with Crippen molar-refractivity contribution in [3.05, 3.63) is 59.7 Å². The van der Waals surface area contributed by atoms with Crippen molar-refractivity contribution in [2.45, 2.75) is 18.6 Å². The molecule has 22 heavy (non-hydrogen) atoms. The Morgan fingerprint density at radius 3 is 2.23 bits per heavy atom. The van der Waals surface area contributed by atoms with Gasteiger partial charge in [-0.25, -0.2) is 0 Å². The number of carbonyl (C=O) groups is 1. The number of primary amides is 1. The zero-order chi connectivity index (χ0) is 16.3. The monoisotopic (exact) mass is 308 g/mol. The molecule has 2 rings (SSSR count). The molecule has 0 bridgehead atoms. The van der Waals surface area contributed by atoms with E-state index in [0.717, 1.165) is 12.1 Å². The number of alkyl halides is 3. The smallest absolute Gasteiger partial charge is 0.370 e. The van der Waals surface area contributed by atoms with Crippen LogP contribution < -0.4 is 11.5 Å². The van der Waals surface area contributed by atoms with E-state index in [-0.39, 0.29) is 6.42 Å². The van der Waals surface area contributed by atoms with E-state index in [9.17, 15) is 18.0 Å². The van der Waals surface area contributed by atoms with Crippen molar-refractivity contribution in [2.24, 2.45) is 11.5 Å². The number of hydrogen-bond acceptors (Lipinski definition) is 2. The van der Waals surface area contributed by atoms with Crippen molar-refractivity contribution in [1.82, 2.24) is 0 Å². The Bertz CT molecular complexity index is 666. The number of rotatable bonds is 4. The Morgan fingerprint density at radius 1 is 1.05 bits per heavy atom. The Kier molecular flexibility index (Phi) is 4.51. The summed E-state index contributed by atoms with van der Waals surface area (Å²) in [5.74, 6) is -0.505. The zero-order valence-electron chi connectivity index (χ0n) is 11.6. The average Bonchev–Trinajstić information content (AvgIpc) is 2.46. The maximum Gasteiger partial charge on any atom is 0.416 e. The minimum absolute atomic E-state index is 0.0168. The molecule has 0 radical (unpaired) electrons. The summed E-state index contributed by atoms with van der Waals surface area (Å²) in [6.45, 7) is 0. The van der Waals surface area contributed by atoms with Crippen LogP contribution in [0.4, 0.5) is 13.2 Å². The minimum Gasteiger partial charge on any atom is -0.370 e. The second kappa shape index (κ2) is 6.19. The molecule has 6 heteroatoms. The maximum absolute atomic E-state index is 12.7. The van der Waals surface area contributed by atoms with Gasteiger partial charge in [0, 0.05) is 12.5 Å². The average molecular weight is 308 g/mol. The van der Waals surface area contributed by atoms with Crippen molar-refractivity contribution in [3.63, 3.8) is 0 Å². The van der Waals surface area contributed by atoms with Gasteiger partial charge in [-0.15, -0.1) is 0 Å². The van der Waals surface area contributed by atoms with Gasteiger partial charge in [-0.1, -0.05) is 36.4 Å². The van der Waals surface area contributed by atoms with Gasteiger partial charge < -0.3 is 11.5 Å². The van der Waals surface area contributed by atoms with Gasteiger partial charge in [-0.2, -0.15) is 13.2 Å². The summed E-state index contributed by atoms with van der Waals surface area (Å²) in [7, 11) is 0. The lowest BCUT2D eigenvalue weighted by atomic mass is 9.98. The summed E-state index contributed by atoms with van der Waals surface area (Å²) in [6, 6.07) is 11.3. The highest BCUT2D eigenvalue weighted by Crippen LogP contribution is 2.32. The fourth-order valence-electron chi connectivity index (χ4n) is 2.13. The Hall–Kier alpha value is -2.34. The molecule has 0 fully saturated rings. The van der Waals surface area contributed by atoms with E-state index in [4.69, 9.17) is 11.5 Å². The van der Waals surface area contributed by atoms with Gasteiger partial charge in [-0.05, 0) is 28.8 Å². The molecule has 0 saturated heterocycles. The summed E-state index contributed by atoms with van der Waals surface area (Å²) in [5, 5.41) is 0. The molecule has 1 unspecified atom stereocenters. The van der Waals surface area contributed by atoms with E-state index in [1.807, 2.05) is 0 Å². The van der Waals surface area contributed by atoms with Gasteiger partial charge in [0.15, 0.2) is 0 Å². The van der Waals surface area contributed by atoms with Crippen LogP contribution in [0, 0.1) is 0 Å². The molecule has 0 aliphatic carbocycles. The van der Waals surface area contributed by atoms with E-state index >= 15 is 0 Å². The van der Waals surface area contributed by atoms with Gasteiger partial charge in [0.1, 0.15) is 0 Å². The first-order chi connectivity index (χ1) is 10.3. The summed E-state index contributed by atoms with van der Waals surface area (Å²) >= 11 is 0. The predicted octanol–water partition coefficient (Wildman–Crippen LogP) is 3.25. The highest BCUT2D eigenvalue weighted by molar-refractivity contribution is 5.74. The molecular formula is C16H15F3N2O. The van der Waals surface area contributed by atoms with Crippen LogP contribution >= 0.6 is 0 Å². The lowest BCUT2D eigenvalue weighted by Crippen LogP contribution is -2.20. The van der Waals surface area contributed by atoms with E-state index in [1.165, 1.54) is 6.07 Å². The fourth-order valence-corrected chi connectivity index (χ4v) is 2.13. The van der Waals surface area contributed by atoms with Gasteiger partial charge in [0.05, 0.1) is 5.56 Å². The van der Waals surface area contributed by atoms with Crippen LogP contribution in [0.15, 0.2) is 48.5 Å². The van der Waals surface area contributed by atoms with Crippen molar-refractivity contribution in [2.75, 3.05) is 0 Å². The first kappa shape index (κ1) is 16.0. The minimum atomic E-state index is -4.38. The molecule has 0 spiro atoms. The van der Waals surface area contributed by atoms with Crippen molar-refractivity contribution >= 4 is 5.91 Å². The third kappa shape index (κ3) is 3.85. The normalized spacial score (nSPS) is 12.9. The van der Waals surface area contributed by atoms with E-state index < -0.39 is 23.7 Å². The van der Waals surface area contributed by atoms with E-state index in [1.54, 1.807) is 30.3 Å². The summed E-state index contributed by atoms with van der Waals surface area (Å²) in [6.07, 6.45) is -4.36. The molecule has 1 amide bonds. The number of carbonyl (C=O) groups excluding carboxylic acids is 1. The Morgan fingerprint density at radius 2 is 1.68 bits per heavy atom. The van der Waals surface area contributed by atoms with Crippen LogP contribution in [0.1, 0.15) is 23.6 Å². The zero-order valence-corrected chi connectivity index (χ0v) is 11.6. The van der Waals surface area contributed by atoms with Crippen molar-refractivity contribution in [1.29, 1.82) is 0 Å². The van der Waals surface area contributed by atoms with Gasteiger partial charge in [-0.3, -0.25) is 4.79 Å². The highest BCUT2D eigenvalue weighted by Gasteiger charge is 2.30. The third-order valence-corrected chi connectivity index (χ3v) is 3.28. The lowest BCUT2D eigenvalue weighted by Gasteiger charge is -2.12. The SMILES string of the molecule is NC(=O)CC(N)c1ccc(-c2cccc(C(F)(F)F)c2)cc1. The maximum atomic E-state index is 12.7. The highest BCUT2D eigenvalue weighted by atomic mass is 19.4. The predicted molar refractivity (Wildman–Crippen MR) is 77.6 cm³/mol. The molecule has 1 atom stereocenters. The second-order valence-electron chi connectivity index (χ2n) is 4.98. The van der Waals surface area contributed by atoms with Crippen LogP contribution in [-0.4, -0.2) is 5.91 Å². The molecule has 0 aliphatic heterocycles. The number of nitrogens with two attached hydrogens (primary N) is 2. The summed E-state index contributed by atoms with van der Waals surface area (Å²) in [4.78, 5) is 10.8. The van der Waals surface area contributed by atoms with Crippen LogP contribution in [-0.2, 0) is 11.0 Å². The topological polar surface area (TPSA) is 69.1 Å². The van der Waals surface area contributed by atoms with Gasteiger partial charge in [0.2, 0.25) is 5.91 Å². The molecule has 0 aliphatic rings. The number of halogens is 3. The molecule has 116 valence electrons. The molecule has 0 heterocycles. The second-order valence-corrected chi connectivity index (χ2v) is 4.98. The lowest BCUT2D eigenvalue weighted by molar-refractivity contribution is -0.137. The third-order valence-electron chi connectivity index (χ3n) is 3.28. The van der Waals surface area contributed by atoms with Crippen LogP contribution in [0.2, 0.25) is 0 Å². The Labute approximate surface area is 125 Å². The van der Waals surface area contributed by atoms with Crippen molar-refractivity contribution < 1.29 is 18.0 Å². The molecule has 3 nitrogen and oxygen atoms in total. The van der Waals surface area contributed by atoms with Crippen LogP contribution in [0.3, 0.4) is 0 Å². The molecule has 2 aromatic carbocycles. The van der Waals surface area contributed by atoms with Crippen molar-refractivity contribution in [3.8, 4) is 11.1 Å². The quantitative estimate of drug-likeness (QED) is 0.910. The van der Waals surface area contributed by atoms with Crippen LogP contribution in [0.5, 0.6) is 0 Å². The standard InChI is InChI=1S/C16H15F3N2O/c17-16(18,19)13-3-1-2-12(8-13)10-4-6-11(7-5-10)14(20)9-15(21)22/h1-8,14H,9,20H2,(H2,21,22). The van der Waals surface area contributed by atoms with Crippen LogP contribution in [0.25, 0.3) is 11.1 Å². The summed E-state index contributed by atoms with van der Waals surface area (Å²) < 4.78 is 38.1. The first-order valence-electron chi connectivity index (χ1n) is 6.59. The molecule has 0 aromatic heterocycles. The number of benzene rings is 2. The van der Waals surface area contributed by atoms with Gasteiger partial charge >= 0.3 is 6.18 Å². The number of hydrogen-bond donors (Lipinski definition) is 2. The first-order valence-corrected chi connectivity index (χ1v) is 6.59. The van der Waals surface area contributed by atoms with E-state index in [0.29, 0.717) is 16.7 Å². The van der Waals surface area contributed by atoms with E-state index in [2.05, 4.69) is 0 Å². The fraction of sp³-hybridized carbons (Fsp3) is 0.188. The molecular weight excluding hydrogens is 293 g/mol. The van der Waals surface area contributed by atoms with Gasteiger partial charge in [0.25, 0.3) is 0 Å². The molecule has 4 N–H and O–H groups in total.